The van der Waals surface area contributed by atoms with Crippen LogP contribution in [0.2, 0.25) is 0 Å². The van der Waals surface area contributed by atoms with Crippen molar-refractivity contribution in [3.05, 3.63) is 90.3 Å². The van der Waals surface area contributed by atoms with Crippen molar-refractivity contribution in [2.75, 3.05) is 0 Å². The SMILES string of the molecule is O=C(NCc1cc2ccccn2n1)c1ccc(Cn2ccnc2)cc1. The smallest absolute Gasteiger partial charge is 0.251 e. The van der Waals surface area contributed by atoms with Gasteiger partial charge >= 0.3 is 0 Å². The highest BCUT2D eigenvalue weighted by Crippen LogP contribution is 2.08. The molecule has 1 aromatic carbocycles. The Morgan fingerprint density at radius 2 is 1.96 bits per heavy atom. The largest absolute Gasteiger partial charge is 0.346 e. The number of fused-ring (bicyclic) bond motifs is 1. The third-order valence-electron chi connectivity index (χ3n) is 3.99. The lowest BCUT2D eigenvalue weighted by Gasteiger charge is -2.06. The molecular formula is C19H17N5O. The van der Waals surface area contributed by atoms with E-state index in [0.717, 1.165) is 23.3 Å². The fraction of sp³-hybridized carbons (Fsp3) is 0.105. The van der Waals surface area contributed by atoms with Crippen LogP contribution in [0.5, 0.6) is 0 Å². The van der Waals surface area contributed by atoms with Crippen LogP contribution in [0.1, 0.15) is 21.6 Å². The van der Waals surface area contributed by atoms with Gasteiger partial charge in [0.05, 0.1) is 24.1 Å². The van der Waals surface area contributed by atoms with Gasteiger partial charge in [-0.1, -0.05) is 18.2 Å². The van der Waals surface area contributed by atoms with Crippen LogP contribution in [-0.2, 0) is 13.1 Å². The van der Waals surface area contributed by atoms with Gasteiger partial charge in [0.15, 0.2) is 0 Å². The van der Waals surface area contributed by atoms with E-state index in [2.05, 4.69) is 15.4 Å². The van der Waals surface area contributed by atoms with Crippen LogP contribution in [0.25, 0.3) is 5.52 Å². The lowest BCUT2D eigenvalue weighted by atomic mass is 10.1. The lowest BCUT2D eigenvalue weighted by Crippen LogP contribution is -2.23. The first-order valence-electron chi connectivity index (χ1n) is 8.04. The maximum absolute atomic E-state index is 12.3. The van der Waals surface area contributed by atoms with Crippen molar-refractivity contribution in [1.29, 1.82) is 0 Å². The van der Waals surface area contributed by atoms with Gasteiger partial charge in [-0.25, -0.2) is 9.50 Å². The Labute approximate surface area is 144 Å². The molecule has 124 valence electrons. The minimum atomic E-state index is -0.105. The third kappa shape index (κ3) is 3.42. The van der Waals surface area contributed by atoms with Crippen molar-refractivity contribution in [2.45, 2.75) is 13.1 Å². The molecule has 0 aliphatic rings. The number of pyridine rings is 1. The summed E-state index contributed by atoms with van der Waals surface area (Å²) in [4.78, 5) is 16.3. The van der Waals surface area contributed by atoms with E-state index in [-0.39, 0.29) is 5.91 Å². The van der Waals surface area contributed by atoms with E-state index in [1.807, 2.05) is 65.5 Å². The number of aromatic nitrogens is 4. The molecule has 0 spiro atoms. The number of amides is 1. The normalized spacial score (nSPS) is 10.9. The van der Waals surface area contributed by atoms with Crippen molar-refractivity contribution in [3.63, 3.8) is 0 Å². The Kier molecular flexibility index (Phi) is 4.00. The third-order valence-corrected chi connectivity index (χ3v) is 3.99. The number of nitrogens with zero attached hydrogens (tertiary/aromatic N) is 4. The molecular weight excluding hydrogens is 314 g/mol. The molecule has 0 saturated carbocycles. The number of carbonyl (C=O) groups is 1. The topological polar surface area (TPSA) is 64.2 Å². The standard InChI is InChI=1S/C19H17N5O/c25-19(21-12-17-11-18-3-1-2-9-24(18)22-17)16-6-4-15(5-7-16)13-23-10-8-20-14-23/h1-11,14H,12-13H2,(H,21,25). The highest BCUT2D eigenvalue weighted by atomic mass is 16.1. The Bertz CT molecular complexity index is 953. The van der Waals surface area contributed by atoms with Crippen molar-refractivity contribution < 1.29 is 4.79 Å². The molecule has 0 bridgehead atoms. The molecule has 3 heterocycles. The molecule has 0 saturated heterocycles. The molecule has 0 fully saturated rings. The van der Waals surface area contributed by atoms with Crippen LogP contribution in [0.15, 0.2) is 73.4 Å². The predicted octanol–water partition coefficient (Wildman–Crippen LogP) is 2.51. The average molecular weight is 331 g/mol. The van der Waals surface area contributed by atoms with Crippen LogP contribution in [0, 0.1) is 0 Å². The summed E-state index contributed by atoms with van der Waals surface area (Å²) in [7, 11) is 0. The molecule has 1 N–H and O–H groups in total. The molecule has 4 aromatic rings. The maximum atomic E-state index is 12.3. The Balaban J connectivity index is 1.38. The van der Waals surface area contributed by atoms with Crippen LogP contribution in [0.4, 0.5) is 0 Å². The molecule has 0 aliphatic carbocycles. The second-order valence-corrected chi connectivity index (χ2v) is 5.82. The van der Waals surface area contributed by atoms with Gasteiger partial charge in [-0.05, 0) is 35.9 Å². The fourth-order valence-corrected chi connectivity index (χ4v) is 2.70. The van der Waals surface area contributed by atoms with Gasteiger partial charge in [0.2, 0.25) is 0 Å². The number of imidazole rings is 1. The van der Waals surface area contributed by atoms with Crippen LogP contribution in [-0.4, -0.2) is 25.1 Å². The zero-order valence-electron chi connectivity index (χ0n) is 13.5. The maximum Gasteiger partial charge on any atom is 0.251 e. The minimum absolute atomic E-state index is 0.105. The van der Waals surface area contributed by atoms with Gasteiger partial charge in [0.25, 0.3) is 5.91 Å². The molecule has 6 nitrogen and oxygen atoms in total. The lowest BCUT2D eigenvalue weighted by molar-refractivity contribution is 0.0950. The summed E-state index contributed by atoms with van der Waals surface area (Å²) < 4.78 is 3.78. The summed E-state index contributed by atoms with van der Waals surface area (Å²) >= 11 is 0. The van der Waals surface area contributed by atoms with Crippen LogP contribution in [0.3, 0.4) is 0 Å². The Morgan fingerprint density at radius 3 is 2.72 bits per heavy atom. The van der Waals surface area contributed by atoms with Gasteiger partial charge in [0.1, 0.15) is 0 Å². The van der Waals surface area contributed by atoms with Gasteiger partial charge < -0.3 is 9.88 Å². The van der Waals surface area contributed by atoms with Crippen molar-refractivity contribution in [1.82, 2.24) is 24.5 Å². The molecule has 4 rings (SSSR count). The van der Waals surface area contributed by atoms with E-state index < -0.39 is 0 Å². The zero-order chi connectivity index (χ0) is 17.1. The number of hydrogen-bond acceptors (Lipinski definition) is 3. The first-order valence-corrected chi connectivity index (χ1v) is 8.04. The van der Waals surface area contributed by atoms with E-state index in [1.165, 1.54) is 0 Å². The van der Waals surface area contributed by atoms with Crippen molar-refractivity contribution >= 4 is 11.4 Å². The van der Waals surface area contributed by atoms with Gasteiger partial charge in [-0.2, -0.15) is 5.10 Å². The first kappa shape index (κ1) is 15.1. The Hall–Kier alpha value is -3.41. The average Bonchev–Trinajstić information content (AvgIpc) is 3.29. The second kappa shape index (κ2) is 6.60. The van der Waals surface area contributed by atoms with Crippen LogP contribution < -0.4 is 5.32 Å². The zero-order valence-corrected chi connectivity index (χ0v) is 13.5. The van der Waals surface area contributed by atoms with Gasteiger partial charge in [0, 0.05) is 30.7 Å². The van der Waals surface area contributed by atoms with Crippen molar-refractivity contribution in [2.24, 2.45) is 0 Å². The summed E-state index contributed by atoms with van der Waals surface area (Å²) in [6.07, 6.45) is 7.33. The molecule has 0 radical (unpaired) electrons. The van der Waals surface area contributed by atoms with E-state index in [1.54, 1.807) is 17.0 Å². The number of hydrogen-bond donors (Lipinski definition) is 1. The summed E-state index contributed by atoms with van der Waals surface area (Å²) in [5, 5.41) is 7.34. The molecule has 0 atom stereocenters. The molecule has 25 heavy (non-hydrogen) atoms. The number of benzene rings is 1. The van der Waals surface area contributed by atoms with Gasteiger partial charge in [-0.15, -0.1) is 0 Å². The molecule has 0 aliphatic heterocycles. The number of carbonyl (C=O) groups excluding carboxylic acids is 1. The molecule has 6 heteroatoms. The predicted molar refractivity (Wildman–Crippen MR) is 94.1 cm³/mol. The first-order chi connectivity index (χ1) is 12.3. The summed E-state index contributed by atoms with van der Waals surface area (Å²) in [5.74, 6) is -0.105. The molecule has 0 unspecified atom stereocenters. The Morgan fingerprint density at radius 1 is 1.08 bits per heavy atom. The monoisotopic (exact) mass is 331 g/mol. The summed E-state index contributed by atoms with van der Waals surface area (Å²) in [6.45, 7) is 1.14. The highest BCUT2D eigenvalue weighted by Gasteiger charge is 2.07. The van der Waals surface area contributed by atoms with E-state index >= 15 is 0 Å². The van der Waals surface area contributed by atoms with Gasteiger partial charge in [-0.3, -0.25) is 4.79 Å². The van der Waals surface area contributed by atoms with E-state index in [9.17, 15) is 4.79 Å². The summed E-state index contributed by atoms with van der Waals surface area (Å²) in [6, 6.07) is 15.4. The highest BCUT2D eigenvalue weighted by molar-refractivity contribution is 5.94. The fourth-order valence-electron chi connectivity index (χ4n) is 2.70. The molecule has 1 amide bonds. The second-order valence-electron chi connectivity index (χ2n) is 5.82. The summed E-state index contributed by atoms with van der Waals surface area (Å²) in [5.41, 5.74) is 3.60. The molecule has 3 aromatic heterocycles. The van der Waals surface area contributed by atoms with Crippen molar-refractivity contribution in [3.8, 4) is 0 Å². The number of rotatable bonds is 5. The number of nitrogens with one attached hydrogen (secondary N) is 1. The van der Waals surface area contributed by atoms with E-state index in [4.69, 9.17) is 0 Å². The van der Waals surface area contributed by atoms with E-state index in [0.29, 0.717) is 12.1 Å². The minimum Gasteiger partial charge on any atom is -0.346 e. The van der Waals surface area contributed by atoms with Crippen LogP contribution >= 0.6 is 0 Å². The quantitative estimate of drug-likeness (QED) is 0.611.